The molecule has 4 nitrogen and oxygen atoms in total. The molecule has 0 bridgehead atoms. The number of ketones is 1. The standard InChI is InChI=1S/C22H20N2O2/c1-14-20(13-23)26-22(24-14)21(25)19-10-9-17-11-16(7-8-18(17)12-19)15-5-3-2-4-6-15/h2-8,11,14,19-20H,9-10,12H2,1H3. The molecule has 3 unspecified atom stereocenters. The summed E-state index contributed by atoms with van der Waals surface area (Å²) in [5, 5.41) is 9.04. The molecular formula is C22H20N2O2. The lowest BCUT2D eigenvalue weighted by Crippen LogP contribution is -2.30. The second-order valence-corrected chi connectivity index (χ2v) is 7.00. The van der Waals surface area contributed by atoms with Crippen LogP contribution < -0.4 is 0 Å². The molecular weight excluding hydrogens is 324 g/mol. The van der Waals surface area contributed by atoms with Gasteiger partial charge in [0.2, 0.25) is 11.9 Å². The third kappa shape index (κ3) is 3.01. The average Bonchev–Trinajstić information content (AvgIpc) is 3.08. The molecule has 2 aromatic rings. The number of ether oxygens (including phenoxy) is 1. The fraction of sp³-hybridized carbons (Fsp3) is 0.318. The maximum absolute atomic E-state index is 12.7. The maximum atomic E-state index is 12.7. The van der Waals surface area contributed by atoms with Crippen LogP contribution in [0.25, 0.3) is 11.1 Å². The molecule has 0 fully saturated rings. The molecule has 2 aromatic carbocycles. The molecule has 0 N–H and O–H groups in total. The minimum absolute atomic E-state index is 0.0626. The highest BCUT2D eigenvalue weighted by atomic mass is 16.5. The van der Waals surface area contributed by atoms with E-state index in [-0.39, 0.29) is 23.6 Å². The van der Waals surface area contributed by atoms with E-state index in [1.807, 2.05) is 24.3 Å². The van der Waals surface area contributed by atoms with Crippen LogP contribution in [0.2, 0.25) is 0 Å². The van der Waals surface area contributed by atoms with Gasteiger partial charge in [-0.3, -0.25) is 4.79 Å². The first-order chi connectivity index (χ1) is 12.7. The molecule has 2 aliphatic rings. The van der Waals surface area contributed by atoms with Gasteiger partial charge in [0.25, 0.3) is 5.90 Å². The van der Waals surface area contributed by atoms with Crippen molar-refractivity contribution in [3.05, 3.63) is 59.7 Å². The third-order valence-electron chi connectivity index (χ3n) is 5.25. The second-order valence-electron chi connectivity index (χ2n) is 7.00. The Balaban J connectivity index is 1.51. The molecule has 1 aliphatic carbocycles. The summed E-state index contributed by atoms with van der Waals surface area (Å²) in [4.78, 5) is 17.0. The average molecular weight is 344 g/mol. The van der Waals surface area contributed by atoms with Gasteiger partial charge in [-0.1, -0.05) is 48.5 Å². The molecule has 0 radical (unpaired) electrons. The number of nitriles is 1. The van der Waals surface area contributed by atoms with Crippen LogP contribution in [0.4, 0.5) is 0 Å². The first-order valence-corrected chi connectivity index (χ1v) is 9.01. The molecule has 0 spiro atoms. The van der Waals surface area contributed by atoms with Crippen LogP contribution in [0.15, 0.2) is 53.5 Å². The zero-order chi connectivity index (χ0) is 18.1. The first-order valence-electron chi connectivity index (χ1n) is 9.01. The third-order valence-corrected chi connectivity index (χ3v) is 5.25. The van der Waals surface area contributed by atoms with Crippen LogP contribution in [0, 0.1) is 17.2 Å². The van der Waals surface area contributed by atoms with Crippen molar-refractivity contribution in [1.29, 1.82) is 5.26 Å². The van der Waals surface area contributed by atoms with Crippen molar-refractivity contribution in [3.63, 3.8) is 0 Å². The van der Waals surface area contributed by atoms with Gasteiger partial charge in [0.05, 0.1) is 0 Å². The van der Waals surface area contributed by atoms with Gasteiger partial charge in [-0.05, 0) is 48.4 Å². The Bertz CT molecular complexity index is 911. The minimum atomic E-state index is -0.641. The molecule has 4 heteroatoms. The van der Waals surface area contributed by atoms with Crippen LogP contribution in [-0.2, 0) is 22.4 Å². The van der Waals surface area contributed by atoms with Crippen LogP contribution in [-0.4, -0.2) is 23.8 Å². The van der Waals surface area contributed by atoms with Crippen molar-refractivity contribution < 1.29 is 9.53 Å². The summed E-state index contributed by atoms with van der Waals surface area (Å²) in [5.41, 5.74) is 4.95. The molecule has 0 saturated heterocycles. The molecule has 1 aliphatic heterocycles. The summed E-state index contributed by atoms with van der Waals surface area (Å²) >= 11 is 0. The number of carbonyl (C=O) groups is 1. The van der Waals surface area contributed by atoms with Crippen molar-refractivity contribution in [2.45, 2.75) is 38.3 Å². The topological polar surface area (TPSA) is 62.4 Å². The molecule has 0 aromatic heterocycles. The Labute approximate surface area is 153 Å². The van der Waals surface area contributed by atoms with Crippen molar-refractivity contribution in [2.75, 3.05) is 0 Å². The number of hydrogen-bond donors (Lipinski definition) is 0. The Morgan fingerprint density at radius 1 is 1.15 bits per heavy atom. The number of benzene rings is 2. The molecule has 0 amide bonds. The number of nitrogens with zero attached hydrogens (tertiary/aromatic N) is 2. The van der Waals surface area contributed by atoms with Crippen molar-refractivity contribution in [3.8, 4) is 17.2 Å². The summed E-state index contributed by atoms with van der Waals surface area (Å²) in [7, 11) is 0. The van der Waals surface area contributed by atoms with E-state index >= 15 is 0 Å². The lowest BCUT2D eigenvalue weighted by Gasteiger charge is -2.24. The smallest absolute Gasteiger partial charge is 0.255 e. The fourth-order valence-corrected chi connectivity index (χ4v) is 3.72. The zero-order valence-electron chi connectivity index (χ0n) is 14.7. The number of aliphatic imine (C=N–C) groups is 1. The quantitative estimate of drug-likeness (QED) is 0.852. The van der Waals surface area contributed by atoms with Gasteiger partial charge in [0, 0.05) is 5.92 Å². The van der Waals surface area contributed by atoms with Crippen molar-refractivity contribution in [1.82, 2.24) is 0 Å². The summed E-state index contributed by atoms with van der Waals surface area (Å²) in [5.74, 6) is -0.0424. The molecule has 0 saturated carbocycles. The highest BCUT2D eigenvalue weighted by Crippen LogP contribution is 2.31. The van der Waals surface area contributed by atoms with Gasteiger partial charge >= 0.3 is 0 Å². The van der Waals surface area contributed by atoms with Crippen LogP contribution in [0.3, 0.4) is 0 Å². The van der Waals surface area contributed by atoms with E-state index in [2.05, 4.69) is 35.3 Å². The Kier molecular flexibility index (Phi) is 4.30. The lowest BCUT2D eigenvalue weighted by molar-refractivity contribution is -0.118. The van der Waals surface area contributed by atoms with E-state index < -0.39 is 6.10 Å². The van der Waals surface area contributed by atoms with Gasteiger partial charge in [-0.25, -0.2) is 4.99 Å². The number of aryl methyl sites for hydroxylation is 1. The van der Waals surface area contributed by atoms with E-state index in [9.17, 15) is 4.79 Å². The highest BCUT2D eigenvalue weighted by Gasteiger charge is 2.35. The number of carbonyl (C=O) groups excluding carboxylic acids is 1. The Hall–Kier alpha value is -2.93. The molecule has 130 valence electrons. The number of fused-ring (bicyclic) bond motifs is 1. The van der Waals surface area contributed by atoms with E-state index in [0.29, 0.717) is 6.42 Å². The molecule has 4 rings (SSSR count). The SMILES string of the molecule is CC1N=C(C(=O)C2CCc3cc(-c4ccccc4)ccc3C2)OC1C#N. The minimum Gasteiger partial charge on any atom is -0.454 e. The molecule has 1 heterocycles. The van der Waals surface area contributed by atoms with E-state index in [1.165, 1.54) is 22.3 Å². The highest BCUT2D eigenvalue weighted by molar-refractivity contribution is 6.37. The summed E-state index contributed by atoms with van der Waals surface area (Å²) in [6.45, 7) is 1.80. The number of rotatable bonds is 3. The van der Waals surface area contributed by atoms with E-state index in [4.69, 9.17) is 10.00 Å². The van der Waals surface area contributed by atoms with Crippen molar-refractivity contribution >= 4 is 11.7 Å². The first kappa shape index (κ1) is 16.5. The lowest BCUT2D eigenvalue weighted by atomic mass is 9.80. The summed E-state index contributed by atoms with van der Waals surface area (Å²) < 4.78 is 5.44. The van der Waals surface area contributed by atoms with Crippen LogP contribution in [0.5, 0.6) is 0 Å². The largest absolute Gasteiger partial charge is 0.454 e. The zero-order valence-corrected chi connectivity index (χ0v) is 14.7. The van der Waals surface area contributed by atoms with Gasteiger partial charge in [-0.15, -0.1) is 0 Å². The summed E-state index contributed by atoms with van der Waals surface area (Å²) in [6.07, 6.45) is 1.73. The van der Waals surface area contributed by atoms with Gasteiger partial charge in [-0.2, -0.15) is 5.26 Å². The van der Waals surface area contributed by atoms with Gasteiger partial charge in [0.1, 0.15) is 12.1 Å². The second kappa shape index (κ2) is 6.76. The van der Waals surface area contributed by atoms with Crippen LogP contribution in [0.1, 0.15) is 24.5 Å². The monoisotopic (exact) mass is 344 g/mol. The van der Waals surface area contributed by atoms with Crippen molar-refractivity contribution in [2.24, 2.45) is 10.9 Å². The van der Waals surface area contributed by atoms with E-state index in [1.54, 1.807) is 6.92 Å². The summed E-state index contributed by atoms with van der Waals surface area (Å²) in [6, 6.07) is 18.6. The van der Waals surface area contributed by atoms with Gasteiger partial charge in [0.15, 0.2) is 0 Å². The van der Waals surface area contributed by atoms with Crippen LogP contribution >= 0.6 is 0 Å². The van der Waals surface area contributed by atoms with E-state index in [0.717, 1.165) is 12.8 Å². The Morgan fingerprint density at radius 3 is 2.69 bits per heavy atom. The Morgan fingerprint density at radius 2 is 1.96 bits per heavy atom. The fourth-order valence-electron chi connectivity index (χ4n) is 3.72. The maximum Gasteiger partial charge on any atom is 0.255 e. The predicted molar refractivity (Wildman–Crippen MR) is 99.8 cm³/mol. The number of Topliss-reactive ketones (excluding diaryl/α,β-unsaturated/α-hetero) is 1. The number of hydrogen-bond acceptors (Lipinski definition) is 4. The van der Waals surface area contributed by atoms with Gasteiger partial charge < -0.3 is 4.74 Å². The molecule has 26 heavy (non-hydrogen) atoms. The normalized spacial score (nSPS) is 24.2. The molecule has 3 atom stereocenters. The predicted octanol–water partition coefficient (Wildman–Crippen LogP) is 3.74.